The first kappa shape index (κ1) is 16.1. The molecule has 0 bridgehead atoms. The zero-order valence-corrected chi connectivity index (χ0v) is 14.4. The van der Waals surface area contributed by atoms with E-state index in [1.54, 1.807) is 6.20 Å². The van der Waals surface area contributed by atoms with Gasteiger partial charge in [-0.05, 0) is 31.9 Å². The van der Waals surface area contributed by atoms with Crippen molar-refractivity contribution in [3.63, 3.8) is 0 Å². The van der Waals surface area contributed by atoms with Gasteiger partial charge in [-0.3, -0.25) is 4.79 Å². The van der Waals surface area contributed by atoms with Gasteiger partial charge in [0.05, 0.1) is 30.5 Å². The topological polar surface area (TPSA) is 71.7 Å². The van der Waals surface area contributed by atoms with Crippen molar-refractivity contribution < 1.29 is 14.1 Å². The number of amides is 1. The van der Waals surface area contributed by atoms with Crippen molar-refractivity contribution in [2.75, 3.05) is 37.7 Å². The predicted octanol–water partition coefficient (Wildman–Crippen LogP) is 2.19. The minimum atomic E-state index is -0.0346. The molecule has 4 rings (SSSR count). The zero-order valence-electron chi connectivity index (χ0n) is 14.4. The molecule has 0 unspecified atom stereocenters. The first-order valence-corrected chi connectivity index (χ1v) is 8.75. The van der Waals surface area contributed by atoms with Gasteiger partial charge >= 0.3 is 0 Å². The first-order valence-electron chi connectivity index (χ1n) is 8.75. The average Bonchev–Trinajstić information content (AvgIpc) is 3.31. The number of rotatable bonds is 3. The summed E-state index contributed by atoms with van der Waals surface area (Å²) >= 11 is 0. The molecule has 132 valence electrons. The fourth-order valence-electron chi connectivity index (χ4n) is 3.50. The van der Waals surface area contributed by atoms with Crippen LogP contribution in [0.2, 0.25) is 0 Å². The van der Waals surface area contributed by atoms with Crippen LogP contribution < -0.4 is 4.90 Å². The summed E-state index contributed by atoms with van der Waals surface area (Å²) in [6.45, 7) is 5.72. The molecule has 0 saturated carbocycles. The van der Waals surface area contributed by atoms with Crippen molar-refractivity contribution in [3.05, 3.63) is 41.4 Å². The molecule has 0 aliphatic carbocycles. The van der Waals surface area contributed by atoms with Crippen LogP contribution >= 0.6 is 0 Å². The second-order valence-electron chi connectivity index (χ2n) is 6.53. The Kier molecular flexibility index (Phi) is 4.40. The number of nitrogens with zero attached hydrogens (tertiary/aromatic N) is 4. The second-order valence-corrected chi connectivity index (χ2v) is 6.53. The van der Waals surface area contributed by atoms with E-state index < -0.39 is 0 Å². The Labute approximate surface area is 146 Å². The van der Waals surface area contributed by atoms with Crippen molar-refractivity contribution in [1.29, 1.82) is 0 Å². The zero-order chi connectivity index (χ0) is 17.2. The molecule has 0 spiro atoms. The van der Waals surface area contributed by atoms with Gasteiger partial charge in [-0.25, -0.2) is 4.98 Å². The number of morpholine rings is 1. The van der Waals surface area contributed by atoms with E-state index in [4.69, 9.17) is 9.26 Å². The molecule has 0 aromatic carbocycles. The molecule has 2 saturated heterocycles. The largest absolute Gasteiger partial charge is 0.378 e. The van der Waals surface area contributed by atoms with Crippen LogP contribution in [0.3, 0.4) is 0 Å². The van der Waals surface area contributed by atoms with E-state index in [-0.39, 0.29) is 11.9 Å². The van der Waals surface area contributed by atoms with Crippen LogP contribution in [0.5, 0.6) is 0 Å². The third-order valence-corrected chi connectivity index (χ3v) is 4.82. The quantitative estimate of drug-likeness (QED) is 0.851. The number of anilines is 1. The highest BCUT2D eigenvalue weighted by atomic mass is 16.5. The van der Waals surface area contributed by atoms with Crippen LogP contribution in [-0.2, 0) is 4.74 Å². The molecule has 0 radical (unpaired) electrons. The number of pyridine rings is 1. The molecule has 2 aliphatic rings. The Balaban J connectivity index is 1.50. The number of carbonyl (C=O) groups is 1. The van der Waals surface area contributed by atoms with Crippen LogP contribution in [0, 0.1) is 6.92 Å². The summed E-state index contributed by atoms with van der Waals surface area (Å²) in [5.41, 5.74) is 1.45. The van der Waals surface area contributed by atoms with Gasteiger partial charge in [0.1, 0.15) is 5.82 Å². The van der Waals surface area contributed by atoms with E-state index >= 15 is 0 Å². The minimum Gasteiger partial charge on any atom is -0.378 e. The van der Waals surface area contributed by atoms with Crippen molar-refractivity contribution in [1.82, 2.24) is 15.0 Å². The fourth-order valence-corrected chi connectivity index (χ4v) is 3.50. The molecular weight excluding hydrogens is 320 g/mol. The lowest BCUT2D eigenvalue weighted by atomic mass is 10.1. The van der Waals surface area contributed by atoms with Crippen LogP contribution in [0.4, 0.5) is 5.82 Å². The summed E-state index contributed by atoms with van der Waals surface area (Å²) in [5.74, 6) is 1.66. The summed E-state index contributed by atoms with van der Waals surface area (Å²) in [4.78, 5) is 21.4. The third-order valence-electron chi connectivity index (χ3n) is 4.82. The van der Waals surface area contributed by atoms with Crippen molar-refractivity contribution >= 4 is 11.7 Å². The Bertz CT molecular complexity index is 737. The summed E-state index contributed by atoms with van der Waals surface area (Å²) in [6, 6.07) is 5.66. The van der Waals surface area contributed by atoms with E-state index in [2.05, 4.69) is 15.0 Å². The summed E-state index contributed by atoms with van der Waals surface area (Å²) in [5, 5.41) is 3.95. The van der Waals surface area contributed by atoms with E-state index in [0.717, 1.165) is 49.7 Å². The van der Waals surface area contributed by atoms with Crippen LogP contribution in [-0.4, -0.2) is 53.8 Å². The number of likely N-dealkylation sites (tertiary alicyclic amines) is 1. The van der Waals surface area contributed by atoms with Gasteiger partial charge in [-0.1, -0.05) is 5.16 Å². The number of aryl methyl sites for hydroxylation is 1. The first-order chi connectivity index (χ1) is 12.2. The molecule has 4 heterocycles. The number of carbonyl (C=O) groups excluding carboxylic acids is 1. The van der Waals surface area contributed by atoms with Crippen LogP contribution in [0.15, 0.2) is 28.9 Å². The Morgan fingerprint density at radius 1 is 1.24 bits per heavy atom. The maximum Gasteiger partial charge on any atom is 0.256 e. The standard InChI is InChI=1S/C18H22N4O3/c1-13-11-16(25-20-13)15-3-2-6-22(15)18(23)14-4-5-17(19-12-14)21-7-9-24-10-8-21/h4-5,11-12,15H,2-3,6-10H2,1H3/t15-/m1/s1. The number of aromatic nitrogens is 2. The summed E-state index contributed by atoms with van der Waals surface area (Å²) < 4.78 is 10.7. The van der Waals surface area contributed by atoms with E-state index in [1.165, 1.54) is 0 Å². The lowest BCUT2D eigenvalue weighted by Gasteiger charge is -2.28. The predicted molar refractivity (Wildman–Crippen MR) is 91.5 cm³/mol. The van der Waals surface area contributed by atoms with Gasteiger partial charge in [-0.15, -0.1) is 0 Å². The van der Waals surface area contributed by atoms with E-state index in [9.17, 15) is 4.79 Å². The van der Waals surface area contributed by atoms with Gasteiger partial charge in [-0.2, -0.15) is 0 Å². The van der Waals surface area contributed by atoms with Crippen LogP contribution in [0.25, 0.3) is 0 Å². The highest BCUT2D eigenvalue weighted by Gasteiger charge is 2.33. The molecule has 1 amide bonds. The lowest BCUT2D eigenvalue weighted by Crippen LogP contribution is -2.36. The molecular formula is C18H22N4O3. The maximum atomic E-state index is 12.9. The smallest absolute Gasteiger partial charge is 0.256 e. The average molecular weight is 342 g/mol. The molecule has 2 aromatic heterocycles. The Hall–Kier alpha value is -2.41. The van der Waals surface area contributed by atoms with Gasteiger partial charge in [0.25, 0.3) is 5.91 Å². The molecule has 2 aromatic rings. The SMILES string of the molecule is Cc1cc([C@H]2CCCN2C(=O)c2ccc(N3CCOCC3)nc2)on1. The normalized spacial score (nSPS) is 20.9. The minimum absolute atomic E-state index is 0.00224. The second kappa shape index (κ2) is 6.84. The molecule has 2 fully saturated rings. The number of hydrogen-bond acceptors (Lipinski definition) is 6. The van der Waals surface area contributed by atoms with E-state index in [0.29, 0.717) is 18.8 Å². The highest BCUT2D eigenvalue weighted by Crippen LogP contribution is 2.33. The Morgan fingerprint density at radius 2 is 2.08 bits per heavy atom. The molecule has 7 heteroatoms. The molecule has 1 atom stereocenters. The molecule has 0 N–H and O–H groups in total. The van der Waals surface area contributed by atoms with Gasteiger partial charge in [0.15, 0.2) is 5.76 Å². The maximum absolute atomic E-state index is 12.9. The summed E-state index contributed by atoms with van der Waals surface area (Å²) in [7, 11) is 0. The molecule has 25 heavy (non-hydrogen) atoms. The van der Waals surface area contributed by atoms with Crippen molar-refractivity contribution in [3.8, 4) is 0 Å². The Morgan fingerprint density at radius 3 is 2.76 bits per heavy atom. The highest BCUT2D eigenvalue weighted by molar-refractivity contribution is 5.94. The fraction of sp³-hybridized carbons (Fsp3) is 0.500. The number of hydrogen-bond donors (Lipinski definition) is 0. The lowest BCUT2D eigenvalue weighted by molar-refractivity contribution is 0.0714. The van der Waals surface area contributed by atoms with Gasteiger partial charge < -0.3 is 19.1 Å². The van der Waals surface area contributed by atoms with Gasteiger partial charge in [0, 0.05) is 31.9 Å². The van der Waals surface area contributed by atoms with Crippen LogP contribution in [0.1, 0.15) is 40.7 Å². The third kappa shape index (κ3) is 3.24. The van der Waals surface area contributed by atoms with Gasteiger partial charge in [0.2, 0.25) is 0 Å². The van der Waals surface area contributed by atoms with Crippen molar-refractivity contribution in [2.45, 2.75) is 25.8 Å². The van der Waals surface area contributed by atoms with Crippen molar-refractivity contribution in [2.24, 2.45) is 0 Å². The molecule has 2 aliphatic heterocycles. The monoisotopic (exact) mass is 342 g/mol. The number of ether oxygens (including phenoxy) is 1. The summed E-state index contributed by atoms with van der Waals surface area (Å²) in [6.07, 6.45) is 3.54. The van der Waals surface area contributed by atoms with E-state index in [1.807, 2.05) is 30.0 Å². The molecule has 7 nitrogen and oxygen atoms in total.